The number of methoxy groups -OCH3 is 2. The van der Waals surface area contributed by atoms with Crippen molar-refractivity contribution < 1.29 is 38.0 Å². The van der Waals surface area contributed by atoms with Crippen molar-refractivity contribution in [3.63, 3.8) is 0 Å². The SMILES string of the molecule is COC(=O)c1ccc(OC)c(COc2cc(OCc3cccc(-c4ccc5c(c4)OCCO5)c3C)c(Cl)cc2C=O)c1. The van der Waals surface area contributed by atoms with Gasteiger partial charge in [0, 0.05) is 11.6 Å². The van der Waals surface area contributed by atoms with Gasteiger partial charge in [0.1, 0.15) is 43.7 Å². The van der Waals surface area contributed by atoms with Gasteiger partial charge in [-0.05, 0) is 65.6 Å². The van der Waals surface area contributed by atoms with Crippen LogP contribution >= 0.6 is 11.6 Å². The normalized spacial score (nSPS) is 11.9. The third-order valence-electron chi connectivity index (χ3n) is 6.96. The van der Waals surface area contributed by atoms with E-state index < -0.39 is 5.97 Å². The van der Waals surface area contributed by atoms with Crippen LogP contribution in [0.2, 0.25) is 5.02 Å². The Labute approximate surface area is 248 Å². The monoisotopic (exact) mass is 588 g/mol. The minimum atomic E-state index is -0.483. The van der Waals surface area contributed by atoms with Crippen LogP contribution < -0.4 is 23.7 Å². The highest BCUT2D eigenvalue weighted by Crippen LogP contribution is 2.37. The summed E-state index contributed by atoms with van der Waals surface area (Å²) in [6.07, 6.45) is 0.661. The zero-order valence-electron chi connectivity index (χ0n) is 23.4. The maximum atomic E-state index is 12.0. The van der Waals surface area contributed by atoms with Gasteiger partial charge in [-0.3, -0.25) is 4.79 Å². The van der Waals surface area contributed by atoms with Crippen molar-refractivity contribution in [2.75, 3.05) is 27.4 Å². The maximum absolute atomic E-state index is 12.0. The summed E-state index contributed by atoms with van der Waals surface area (Å²) >= 11 is 6.48. The van der Waals surface area contributed by atoms with E-state index in [2.05, 4.69) is 0 Å². The van der Waals surface area contributed by atoms with E-state index in [9.17, 15) is 9.59 Å². The molecule has 0 aromatic heterocycles. The van der Waals surface area contributed by atoms with Gasteiger partial charge in [0.15, 0.2) is 17.8 Å². The Kier molecular flexibility index (Phi) is 8.83. The molecule has 216 valence electrons. The molecule has 1 heterocycles. The lowest BCUT2D eigenvalue weighted by Gasteiger charge is -2.20. The predicted octanol–water partition coefficient (Wildman–Crippen LogP) is 6.85. The minimum absolute atomic E-state index is 0.0204. The van der Waals surface area contributed by atoms with Gasteiger partial charge in [0.2, 0.25) is 0 Å². The van der Waals surface area contributed by atoms with E-state index in [0.29, 0.717) is 42.1 Å². The summed E-state index contributed by atoms with van der Waals surface area (Å²) in [5.41, 5.74) is 5.26. The van der Waals surface area contributed by atoms with E-state index in [1.165, 1.54) is 20.3 Å². The largest absolute Gasteiger partial charge is 0.496 e. The van der Waals surface area contributed by atoms with Gasteiger partial charge >= 0.3 is 5.97 Å². The van der Waals surface area contributed by atoms with Crippen LogP contribution in [0, 0.1) is 6.92 Å². The number of fused-ring (bicyclic) bond motifs is 1. The van der Waals surface area contributed by atoms with E-state index in [4.69, 9.17) is 40.0 Å². The molecular weight excluding hydrogens is 560 g/mol. The summed E-state index contributed by atoms with van der Waals surface area (Å²) in [6, 6.07) is 19.9. The van der Waals surface area contributed by atoms with E-state index >= 15 is 0 Å². The van der Waals surface area contributed by atoms with Gasteiger partial charge in [0.25, 0.3) is 0 Å². The van der Waals surface area contributed by atoms with Gasteiger partial charge in [-0.15, -0.1) is 0 Å². The first-order valence-corrected chi connectivity index (χ1v) is 13.6. The number of halogens is 1. The standard InChI is InChI=1S/C33H29ClO8/c1-20-23(5-4-6-26(20)21-7-10-29-32(15-21)40-12-11-39-29)18-42-31-16-30(24(17-35)14-27(31)34)41-19-25-13-22(33(36)38-3)8-9-28(25)37-2/h4-10,13-17H,11-12,18-19H2,1-3H3. The average molecular weight is 589 g/mol. The van der Waals surface area contributed by atoms with Crippen molar-refractivity contribution >= 4 is 23.9 Å². The van der Waals surface area contributed by atoms with Crippen molar-refractivity contribution in [1.82, 2.24) is 0 Å². The fourth-order valence-electron chi connectivity index (χ4n) is 4.69. The topological polar surface area (TPSA) is 89.5 Å². The summed E-state index contributed by atoms with van der Waals surface area (Å²) in [5.74, 6) is 2.14. The van der Waals surface area contributed by atoms with Gasteiger partial charge in [-0.25, -0.2) is 4.79 Å². The molecule has 4 aromatic carbocycles. The molecule has 0 radical (unpaired) electrons. The average Bonchev–Trinajstić information content (AvgIpc) is 3.03. The van der Waals surface area contributed by atoms with Crippen LogP contribution in [-0.4, -0.2) is 39.7 Å². The van der Waals surface area contributed by atoms with Crippen LogP contribution in [0.1, 0.15) is 37.4 Å². The van der Waals surface area contributed by atoms with Crippen LogP contribution in [0.15, 0.2) is 66.7 Å². The lowest BCUT2D eigenvalue weighted by atomic mass is 9.96. The molecule has 4 aromatic rings. The van der Waals surface area contributed by atoms with Gasteiger partial charge in [-0.1, -0.05) is 35.9 Å². The highest BCUT2D eigenvalue weighted by Gasteiger charge is 2.17. The molecule has 0 atom stereocenters. The summed E-state index contributed by atoms with van der Waals surface area (Å²) in [4.78, 5) is 23.8. The number of carbonyl (C=O) groups is 2. The van der Waals surface area contributed by atoms with Gasteiger partial charge in [0.05, 0.1) is 30.4 Å². The molecule has 0 fully saturated rings. The molecule has 0 aliphatic carbocycles. The molecule has 0 N–H and O–H groups in total. The van der Waals surface area contributed by atoms with E-state index in [1.807, 2.05) is 43.3 Å². The van der Waals surface area contributed by atoms with Gasteiger partial charge in [-0.2, -0.15) is 0 Å². The molecule has 0 spiro atoms. The molecule has 0 bridgehead atoms. The number of carbonyl (C=O) groups excluding carboxylic acids is 2. The third-order valence-corrected chi connectivity index (χ3v) is 7.25. The second kappa shape index (κ2) is 12.9. The highest BCUT2D eigenvalue weighted by atomic mass is 35.5. The molecule has 0 unspecified atom stereocenters. The zero-order valence-corrected chi connectivity index (χ0v) is 24.2. The van der Waals surface area contributed by atoms with Crippen LogP contribution in [0.25, 0.3) is 11.1 Å². The van der Waals surface area contributed by atoms with Crippen LogP contribution in [0.5, 0.6) is 28.7 Å². The molecule has 0 saturated heterocycles. The fourth-order valence-corrected chi connectivity index (χ4v) is 4.92. The Morgan fingerprint density at radius 3 is 2.38 bits per heavy atom. The Morgan fingerprint density at radius 2 is 1.62 bits per heavy atom. The molecule has 42 heavy (non-hydrogen) atoms. The number of benzene rings is 4. The smallest absolute Gasteiger partial charge is 0.337 e. The number of aldehydes is 1. The quantitative estimate of drug-likeness (QED) is 0.147. The lowest BCUT2D eigenvalue weighted by Crippen LogP contribution is -2.15. The first-order valence-electron chi connectivity index (χ1n) is 13.2. The van der Waals surface area contributed by atoms with Crippen molar-refractivity contribution in [2.45, 2.75) is 20.1 Å². The van der Waals surface area contributed by atoms with E-state index in [0.717, 1.165) is 33.8 Å². The van der Waals surface area contributed by atoms with Crippen LogP contribution in [0.4, 0.5) is 0 Å². The molecule has 5 rings (SSSR count). The summed E-state index contributed by atoms with van der Waals surface area (Å²) in [7, 11) is 2.83. The number of rotatable bonds is 10. The van der Waals surface area contributed by atoms with Crippen molar-refractivity contribution in [1.29, 1.82) is 0 Å². The first kappa shape index (κ1) is 28.8. The zero-order chi connectivity index (χ0) is 29.6. The summed E-state index contributed by atoms with van der Waals surface area (Å²) in [5, 5.41) is 0.273. The van der Waals surface area contributed by atoms with Crippen molar-refractivity contribution in [2.24, 2.45) is 0 Å². The number of esters is 1. The number of hydrogen-bond donors (Lipinski definition) is 0. The predicted molar refractivity (Wildman–Crippen MR) is 157 cm³/mol. The summed E-state index contributed by atoms with van der Waals surface area (Å²) < 4.78 is 33.8. The molecule has 0 saturated carbocycles. The molecule has 8 nitrogen and oxygen atoms in total. The van der Waals surface area contributed by atoms with Crippen molar-refractivity contribution in [3.05, 3.63) is 99.6 Å². The lowest BCUT2D eigenvalue weighted by molar-refractivity contribution is 0.0600. The van der Waals surface area contributed by atoms with Crippen LogP contribution in [-0.2, 0) is 18.0 Å². The Bertz CT molecular complexity index is 1630. The first-order chi connectivity index (χ1) is 20.4. The van der Waals surface area contributed by atoms with Gasteiger partial charge < -0.3 is 28.4 Å². The van der Waals surface area contributed by atoms with Crippen LogP contribution in [0.3, 0.4) is 0 Å². The number of ether oxygens (including phenoxy) is 6. The fraction of sp³-hybridized carbons (Fsp3) is 0.212. The Hall–Kier alpha value is -4.69. The molecule has 0 amide bonds. The third kappa shape index (κ3) is 6.14. The Balaban J connectivity index is 1.35. The molecule has 9 heteroatoms. The van der Waals surface area contributed by atoms with E-state index in [-0.39, 0.29) is 29.5 Å². The second-order valence-corrected chi connectivity index (χ2v) is 9.89. The maximum Gasteiger partial charge on any atom is 0.337 e. The summed E-state index contributed by atoms with van der Waals surface area (Å²) in [6.45, 7) is 3.35. The Morgan fingerprint density at radius 1 is 0.857 bits per heavy atom. The molecule has 1 aliphatic rings. The van der Waals surface area contributed by atoms with E-state index in [1.54, 1.807) is 24.3 Å². The minimum Gasteiger partial charge on any atom is -0.496 e. The second-order valence-electron chi connectivity index (χ2n) is 9.48. The molecule has 1 aliphatic heterocycles. The molecular formula is C33H29ClO8. The van der Waals surface area contributed by atoms with Crippen molar-refractivity contribution in [3.8, 4) is 39.9 Å². The highest BCUT2D eigenvalue weighted by molar-refractivity contribution is 6.32. The number of hydrogen-bond acceptors (Lipinski definition) is 8.